The van der Waals surface area contributed by atoms with Gasteiger partial charge < -0.3 is 20.2 Å². The van der Waals surface area contributed by atoms with Crippen LogP contribution in [0, 0.1) is 5.92 Å². The Balaban J connectivity index is 1.43. The highest BCUT2D eigenvalue weighted by Gasteiger charge is 2.38. The summed E-state index contributed by atoms with van der Waals surface area (Å²) in [5.41, 5.74) is 1.22. The standard InChI is InChI=1S/C27H35FN6O/c1-16(2)19-6-7-22(34-14-17(3)18(34)4)21-13-30-25(12-20(19)21)31-24-8-10-29-26(32-24)33-11-9-27(5,35)23(28)15-33/h6-8,10,12-13,16-18,23,35H,9,11,14-15H2,1-5H3,(H,29,30,31,32)/t17-,18?,23?,27-/m0/s1. The predicted molar refractivity (Wildman–Crippen MR) is 139 cm³/mol. The van der Waals surface area contributed by atoms with E-state index >= 15 is 0 Å². The Kier molecular flexibility index (Phi) is 6.03. The quantitative estimate of drug-likeness (QED) is 0.532. The number of nitrogens with one attached hydrogen (secondary N) is 1. The Morgan fingerprint density at radius 3 is 2.60 bits per heavy atom. The van der Waals surface area contributed by atoms with Crippen LogP contribution in [0.5, 0.6) is 0 Å². The molecular formula is C27H35FN6O. The number of nitrogens with zero attached hydrogens (tertiary/aromatic N) is 5. The zero-order valence-corrected chi connectivity index (χ0v) is 21.2. The maximum Gasteiger partial charge on any atom is 0.227 e. The van der Waals surface area contributed by atoms with Crippen molar-refractivity contribution < 1.29 is 9.50 Å². The lowest BCUT2D eigenvalue weighted by Gasteiger charge is -2.47. The molecule has 3 aromatic rings. The van der Waals surface area contributed by atoms with E-state index in [0.29, 0.717) is 48.4 Å². The molecule has 2 aromatic heterocycles. The number of alkyl halides is 1. The molecule has 0 radical (unpaired) electrons. The van der Waals surface area contributed by atoms with Gasteiger partial charge in [-0.1, -0.05) is 26.8 Å². The van der Waals surface area contributed by atoms with Gasteiger partial charge in [0.05, 0.1) is 12.1 Å². The third kappa shape index (κ3) is 4.40. The number of anilines is 4. The van der Waals surface area contributed by atoms with Crippen molar-refractivity contribution >= 4 is 34.0 Å². The molecule has 2 N–H and O–H groups in total. The molecule has 5 rings (SSSR count). The molecule has 2 aliphatic rings. The summed E-state index contributed by atoms with van der Waals surface area (Å²) in [6.07, 6.45) is 2.60. The van der Waals surface area contributed by atoms with Crippen molar-refractivity contribution in [3.63, 3.8) is 0 Å². The Bertz CT molecular complexity index is 1230. The number of fused-ring (bicyclic) bond motifs is 1. The molecule has 0 amide bonds. The highest BCUT2D eigenvalue weighted by atomic mass is 19.1. The van der Waals surface area contributed by atoms with Gasteiger partial charge in [-0.25, -0.2) is 14.4 Å². The second kappa shape index (κ2) is 8.90. The average molecular weight is 479 g/mol. The van der Waals surface area contributed by atoms with Crippen molar-refractivity contribution in [2.24, 2.45) is 5.92 Å². The molecule has 2 unspecified atom stereocenters. The third-order valence-electron chi connectivity index (χ3n) is 7.77. The van der Waals surface area contributed by atoms with Crippen molar-refractivity contribution in [1.29, 1.82) is 0 Å². The predicted octanol–water partition coefficient (Wildman–Crippen LogP) is 5.04. The molecular weight excluding hydrogens is 443 g/mol. The van der Waals surface area contributed by atoms with Crippen LogP contribution in [-0.4, -0.2) is 57.5 Å². The summed E-state index contributed by atoms with van der Waals surface area (Å²) in [4.78, 5) is 17.9. The summed E-state index contributed by atoms with van der Waals surface area (Å²) in [6, 6.07) is 8.87. The molecule has 35 heavy (non-hydrogen) atoms. The number of aromatic nitrogens is 3. The molecule has 7 nitrogen and oxygen atoms in total. The lowest BCUT2D eigenvalue weighted by atomic mass is 9.89. The van der Waals surface area contributed by atoms with Crippen molar-refractivity contribution in [3.05, 3.63) is 42.2 Å². The van der Waals surface area contributed by atoms with Crippen LogP contribution in [0.2, 0.25) is 0 Å². The van der Waals surface area contributed by atoms with Crippen molar-refractivity contribution in [3.8, 4) is 0 Å². The van der Waals surface area contributed by atoms with E-state index in [1.807, 2.05) is 6.20 Å². The molecule has 8 heteroatoms. The minimum Gasteiger partial charge on any atom is -0.387 e. The third-order valence-corrected chi connectivity index (χ3v) is 7.77. The number of hydrogen-bond acceptors (Lipinski definition) is 7. The van der Waals surface area contributed by atoms with Gasteiger partial charge in [0.15, 0.2) is 0 Å². The Labute approximate surface area is 206 Å². The van der Waals surface area contributed by atoms with Crippen LogP contribution >= 0.6 is 0 Å². The molecule has 0 spiro atoms. The van der Waals surface area contributed by atoms with Gasteiger partial charge in [0.25, 0.3) is 0 Å². The molecule has 186 valence electrons. The van der Waals surface area contributed by atoms with Crippen LogP contribution in [0.15, 0.2) is 36.7 Å². The number of piperidine rings is 1. The van der Waals surface area contributed by atoms with E-state index in [9.17, 15) is 9.50 Å². The summed E-state index contributed by atoms with van der Waals surface area (Å²) >= 11 is 0. The first-order valence-corrected chi connectivity index (χ1v) is 12.5. The summed E-state index contributed by atoms with van der Waals surface area (Å²) in [5, 5.41) is 15.8. The first kappa shape index (κ1) is 23.7. The second-order valence-electron chi connectivity index (χ2n) is 10.7. The van der Waals surface area contributed by atoms with Gasteiger partial charge in [-0.15, -0.1) is 0 Å². The van der Waals surface area contributed by atoms with Gasteiger partial charge in [0.1, 0.15) is 17.8 Å². The molecule has 2 saturated heterocycles. The highest BCUT2D eigenvalue weighted by Crippen LogP contribution is 2.39. The zero-order chi connectivity index (χ0) is 24.9. The monoisotopic (exact) mass is 478 g/mol. The normalized spacial score (nSPS) is 26.8. The Morgan fingerprint density at radius 1 is 1.11 bits per heavy atom. The summed E-state index contributed by atoms with van der Waals surface area (Å²) in [5.74, 6) is 2.82. The van der Waals surface area contributed by atoms with Crippen molar-refractivity contribution in [2.75, 3.05) is 34.8 Å². The Hall–Kier alpha value is -3.00. The fraction of sp³-hybridized carbons (Fsp3) is 0.519. The lowest BCUT2D eigenvalue weighted by molar-refractivity contribution is -0.0332. The van der Waals surface area contributed by atoms with E-state index in [1.54, 1.807) is 24.1 Å². The number of benzene rings is 1. The number of rotatable bonds is 5. The largest absolute Gasteiger partial charge is 0.387 e. The maximum atomic E-state index is 14.4. The van der Waals surface area contributed by atoms with E-state index in [0.717, 1.165) is 6.54 Å². The molecule has 2 fully saturated rings. The van der Waals surface area contributed by atoms with Crippen LogP contribution < -0.4 is 15.1 Å². The summed E-state index contributed by atoms with van der Waals surface area (Å²) < 4.78 is 14.4. The van der Waals surface area contributed by atoms with Gasteiger partial charge in [0.2, 0.25) is 5.95 Å². The molecule has 0 saturated carbocycles. The summed E-state index contributed by atoms with van der Waals surface area (Å²) in [6.45, 7) is 12.2. The topological polar surface area (TPSA) is 77.4 Å². The van der Waals surface area contributed by atoms with Crippen LogP contribution in [0.1, 0.15) is 52.5 Å². The van der Waals surface area contributed by atoms with Gasteiger partial charge in [-0.2, -0.15) is 4.98 Å². The maximum absolute atomic E-state index is 14.4. The van der Waals surface area contributed by atoms with Crippen LogP contribution in [0.25, 0.3) is 10.8 Å². The Morgan fingerprint density at radius 2 is 1.91 bits per heavy atom. The fourth-order valence-electron chi connectivity index (χ4n) is 5.07. The molecule has 1 aromatic carbocycles. The minimum absolute atomic E-state index is 0.0682. The van der Waals surface area contributed by atoms with Crippen LogP contribution in [0.3, 0.4) is 0 Å². The minimum atomic E-state index is -1.35. The first-order valence-electron chi connectivity index (χ1n) is 12.5. The van der Waals surface area contributed by atoms with E-state index in [-0.39, 0.29) is 6.54 Å². The van der Waals surface area contributed by atoms with Gasteiger partial charge in [-0.05, 0) is 61.3 Å². The van der Waals surface area contributed by atoms with Gasteiger partial charge in [-0.3, -0.25) is 0 Å². The van der Waals surface area contributed by atoms with Crippen molar-refractivity contribution in [1.82, 2.24) is 15.0 Å². The molecule has 2 aliphatic heterocycles. The van der Waals surface area contributed by atoms with Crippen LogP contribution in [0.4, 0.5) is 27.7 Å². The molecule has 4 atom stereocenters. The van der Waals surface area contributed by atoms with E-state index in [1.165, 1.54) is 22.0 Å². The zero-order valence-electron chi connectivity index (χ0n) is 21.2. The van der Waals surface area contributed by atoms with E-state index < -0.39 is 11.8 Å². The van der Waals surface area contributed by atoms with Crippen molar-refractivity contribution in [2.45, 2.75) is 64.8 Å². The summed E-state index contributed by atoms with van der Waals surface area (Å²) in [7, 11) is 0. The average Bonchev–Trinajstić information content (AvgIpc) is 2.83. The SMILES string of the molecule is CC(C)c1ccc(N2C[C@H](C)C2C)c2cnc(Nc3ccnc(N4CC[C@](C)(O)C(F)C4)n3)cc12. The second-order valence-corrected chi connectivity index (χ2v) is 10.7. The molecule has 0 bridgehead atoms. The molecule has 0 aliphatic carbocycles. The number of halogens is 1. The lowest BCUT2D eigenvalue weighted by Crippen LogP contribution is -2.53. The molecule has 4 heterocycles. The number of hydrogen-bond donors (Lipinski definition) is 2. The fourth-order valence-corrected chi connectivity index (χ4v) is 5.07. The highest BCUT2D eigenvalue weighted by molar-refractivity contribution is 5.98. The van der Waals surface area contributed by atoms with E-state index in [4.69, 9.17) is 4.98 Å². The van der Waals surface area contributed by atoms with Gasteiger partial charge >= 0.3 is 0 Å². The van der Waals surface area contributed by atoms with E-state index in [2.05, 4.69) is 66.1 Å². The van der Waals surface area contributed by atoms with Crippen LogP contribution in [-0.2, 0) is 0 Å². The first-order chi connectivity index (χ1) is 16.6. The van der Waals surface area contributed by atoms with Gasteiger partial charge in [0, 0.05) is 42.6 Å². The number of aliphatic hydroxyl groups is 1. The smallest absolute Gasteiger partial charge is 0.227 e. The number of pyridine rings is 1.